The summed E-state index contributed by atoms with van der Waals surface area (Å²) in [6.07, 6.45) is 0.887. The minimum atomic E-state index is -0.702. The Bertz CT molecular complexity index is 967. The molecule has 2 aromatic heterocycles. The van der Waals surface area contributed by atoms with Crippen molar-refractivity contribution in [3.8, 4) is 0 Å². The highest BCUT2D eigenvalue weighted by Gasteiger charge is 2.25. The van der Waals surface area contributed by atoms with Crippen LogP contribution in [0.5, 0.6) is 0 Å². The summed E-state index contributed by atoms with van der Waals surface area (Å²) in [4.78, 5) is 29.6. The number of benzene rings is 1. The van der Waals surface area contributed by atoms with Crippen LogP contribution in [0.4, 0.5) is 5.95 Å². The molecule has 0 bridgehead atoms. The summed E-state index contributed by atoms with van der Waals surface area (Å²) in [7, 11) is 1.75. The maximum Gasteiger partial charge on any atom is 0.299 e. The van der Waals surface area contributed by atoms with Crippen LogP contribution in [0.1, 0.15) is 35.1 Å². The van der Waals surface area contributed by atoms with E-state index >= 15 is 0 Å². The predicted molar refractivity (Wildman–Crippen MR) is 95.7 cm³/mol. The van der Waals surface area contributed by atoms with Gasteiger partial charge in [-0.25, -0.2) is 4.98 Å². The molecule has 7 heteroatoms. The second-order valence-corrected chi connectivity index (χ2v) is 6.03. The number of imidazole rings is 1. The number of carbonyl (C=O) groups is 2. The smallest absolute Gasteiger partial charge is 0.299 e. The zero-order valence-corrected chi connectivity index (χ0v) is 14.8. The third kappa shape index (κ3) is 2.93. The maximum atomic E-state index is 12.6. The average Bonchev–Trinajstić information content (AvgIpc) is 3.04. The van der Waals surface area contributed by atoms with Crippen LogP contribution in [0.3, 0.4) is 0 Å². The fourth-order valence-electron chi connectivity index (χ4n) is 2.99. The molecule has 0 atom stereocenters. The normalized spacial score (nSPS) is 11.0. The Balaban J connectivity index is 1.94. The highest BCUT2D eigenvalue weighted by atomic mass is 16.2. The molecule has 1 aromatic carbocycles. The molecule has 0 aliphatic rings. The molecule has 0 aliphatic heterocycles. The topological polar surface area (TPSA) is 81.8 Å². The minimum absolute atomic E-state index is 0.346. The first kappa shape index (κ1) is 16.9. The van der Waals surface area contributed by atoms with Crippen LogP contribution in [0.15, 0.2) is 24.3 Å². The molecular weight excluding hydrogens is 318 g/mol. The highest BCUT2D eigenvalue weighted by molar-refractivity contribution is 6.46. The molecule has 0 spiro atoms. The fraction of sp³-hybridized carbons (Fsp3) is 0.333. The number of anilines is 1. The summed E-state index contributed by atoms with van der Waals surface area (Å²) in [6, 6.07) is 7.65. The van der Waals surface area contributed by atoms with E-state index in [1.54, 1.807) is 25.6 Å². The number of ketones is 1. The van der Waals surface area contributed by atoms with Crippen LogP contribution in [-0.2, 0) is 18.4 Å². The minimum Gasteiger partial charge on any atom is -0.310 e. The molecule has 0 aliphatic carbocycles. The zero-order valence-electron chi connectivity index (χ0n) is 14.8. The lowest BCUT2D eigenvalue weighted by molar-refractivity contribution is -0.112. The highest BCUT2D eigenvalue weighted by Crippen LogP contribution is 2.21. The van der Waals surface area contributed by atoms with Crippen molar-refractivity contribution < 1.29 is 9.59 Å². The SMILES string of the molecule is CCCn1c(NC(=O)C(=O)c2c(C)nn(C)c2C)nc2ccccc21. The molecule has 3 rings (SSSR count). The first-order valence-electron chi connectivity index (χ1n) is 8.25. The monoisotopic (exact) mass is 339 g/mol. The summed E-state index contributed by atoms with van der Waals surface area (Å²) in [5.41, 5.74) is 3.27. The van der Waals surface area contributed by atoms with E-state index in [-0.39, 0.29) is 0 Å². The predicted octanol–water partition coefficient (Wildman–Crippen LogP) is 2.62. The van der Waals surface area contributed by atoms with Crippen molar-refractivity contribution >= 4 is 28.7 Å². The van der Waals surface area contributed by atoms with Gasteiger partial charge in [0.25, 0.3) is 11.7 Å². The Morgan fingerprint density at radius 1 is 1.20 bits per heavy atom. The van der Waals surface area contributed by atoms with Gasteiger partial charge < -0.3 is 4.57 Å². The van der Waals surface area contributed by atoms with Crippen LogP contribution in [0.2, 0.25) is 0 Å². The van der Waals surface area contributed by atoms with Crippen LogP contribution in [-0.4, -0.2) is 31.0 Å². The molecule has 1 N–H and O–H groups in total. The van der Waals surface area contributed by atoms with E-state index in [1.807, 2.05) is 35.8 Å². The molecule has 2 heterocycles. The van der Waals surface area contributed by atoms with Gasteiger partial charge in [0.05, 0.1) is 22.3 Å². The lowest BCUT2D eigenvalue weighted by Crippen LogP contribution is -2.25. The molecule has 0 radical (unpaired) electrons. The second-order valence-electron chi connectivity index (χ2n) is 6.03. The number of aryl methyl sites for hydroxylation is 3. The Labute approximate surface area is 145 Å². The number of aromatic nitrogens is 4. The van der Waals surface area contributed by atoms with E-state index in [0.29, 0.717) is 29.4 Å². The van der Waals surface area contributed by atoms with Gasteiger partial charge in [-0.3, -0.25) is 19.6 Å². The van der Waals surface area contributed by atoms with Gasteiger partial charge in [-0.1, -0.05) is 19.1 Å². The summed E-state index contributed by atoms with van der Waals surface area (Å²) >= 11 is 0. The quantitative estimate of drug-likeness (QED) is 0.572. The van der Waals surface area contributed by atoms with Gasteiger partial charge in [0, 0.05) is 19.3 Å². The van der Waals surface area contributed by atoms with Crippen molar-refractivity contribution in [1.82, 2.24) is 19.3 Å². The van der Waals surface area contributed by atoms with Crippen LogP contribution < -0.4 is 5.32 Å². The van der Waals surface area contributed by atoms with Crippen molar-refractivity contribution in [3.05, 3.63) is 41.2 Å². The molecule has 7 nitrogen and oxygen atoms in total. The number of carbonyl (C=O) groups excluding carboxylic acids is 2. The molecule has 3 aromatic rings. The van der Waals surface area contributed by atoms with Gasteiger partial charge in [-0.2, -0.15) is 5.10 Å². The molecule has 0 unspecified atom stereocenters. The number of nitrogens with zero attached hydrogens (tertiary/aromatic N) is 4. The van der Waals surface area contributed by atoms with Crippen molar-refractivity contribution in [3.63, 3.8) is 0 Å². The molecule has 0 fully saturated rings. The molecular formula is C18H21N5O2. The van der Waals surface area contributed by atoms with E-state index in [1.165, 1.54) is 0 Å². The molecule has 130 valence electrons. The number of para-hydroxylation sites is 2. The number of hydrogen-bond donors (Lipinski definition) is 1. The molecule has 0 saturated carbocycles. The van der Waals surface area contributed by atoms with Crippen LogP contribution >= 0.6 is 0 Å². The number of nitrogens with one attached hydrogen (secondary N) is 1. The standard InChI is InChI=1S/C18H21N5O2/c1-5-10-23-14-9-7-6-8-13(14)19-18(23)20-17(25)16(24)15-11(2)21-22(4)12(15)3/h6-9H,5,10H2,1-4H3,(H,19,20,25). The number of rotatable bonds is 5. The molecule has 1 amide bonds. The van der Waals surface area contributed by atoms with Crippen molar-refractivity contribution in [2.45, 2.75) is 33.7 Å². The summed E-state index contributed by atoms with van der Waals surface area (Å²) in [5.74, 6) is -0.911. The van der Waals surface area contributed by atoms with Crippen molar-refractivity contribution in [2.24, 2.45) is 7.05 Å². The second kappa shape index (κ2) is 6.51. The third-order valence-electron chi connectivity index (χ3n) is 4.27. The summed E-state index contributed by atoms with van der Waals surface area (Å²) in [5, 5.41) is 6.87. The van der Waals surface area contributed by atoms with Crippen molar-refractivity contribution in [2.75, 3.05) is 5.32 Å². The van der Waals surface area contributed by atoms with Crippen molar-refractivity contribution in [1.29, 1.82) is 0 Å². The number of hydrogen-bond acceptors (Lipinski definition) is 4. The van der Waals surface area contributed by atoms with Gasteiger partial charge in [-0.05, 0) is 32.4 Å². The number of Topliss-reactive ketones (excluding diaryl/α,β-unsaturated/α-hetero) is 1. The van der Waals surface area contributed by atoms with Gasteiger partial charge in [0.1, 0.15) is 0 Å². The maximum absolute atomic E-state index is 12.6. The number of amides is 1. The zero-order chi connectivity index (χ0) is 18.1. The first-order valence-corrected chi connectivity index (χ1v) is 8.25. The van der Waals surface area contributed by atoms with E-state index in [0.717, 1.165) is 17.5 Å². The lowest BCUT2D eigenvalue weighted by atomic mass is 10.1. The summed E-state index contributed by atoms with van der Waals surface area (Å²) < 4.78 is 3.52. The van der Waals surface area contributed by atoms with E-state index < -0.39 is 11.7 Å². The van der Waals surface area contributed by atoms with E-state index in [2.05, 4.69) is 15.4 Å². The van der Waals surface area contributed by atoms with Crippen LogP contribution in [0.25, 0.3) is 11.0 Å². The first-order chi connectivity index (χ1) is 11.9. The Hall–Kier alpha value is -2.96. The molecule has 25 heavy (non-hydrogen) atoms. The number of fused-ring (bicyclic) bond motifs is 1. The molecule has 0 saturated heterocycles. The largest absolute Gasteiger partial charge is 0.310 e. The average molecular weight is 339 g/mol. The Morgan fingerprint density at radius 2 is 1.92 bits per heavy atom. The van der Waals surface area contributed by atoms with Gasteiger partial charge >= 0.3 is 0 Å². The lowest BCUT2D eigenvalue weighted by Gasteiger charge is -2.08. The third-order valence-corrected chi connectivity index (χ3v) is 4.27. The van der Waals surface area contributed by atoms with E-state index in [4.69, 9.17) is 0 Å². The van der Waals surface area contributed by atoms with Gasteiger partial charge in [0.15, 0.2) is 0 Å². The summed E-state index contributed by atoms with van der Waals surface area (Å²) in [6.45, 7) is 6.25. The Kier molecular flexibility index (Phi) is 4.39. The van der Waals surface area contributed by atoms with Gasteiger partial charge in [0.2, 0.25) is 5.95 Å². The van der Waals surface area contributed by atoms with E-state index in [9.17, 15) is 9.59 Å². The Morgan fingerprint density at radius 3 is 2.56 bits per heavy atom. The fourth-order valence-corrected chi connectivity index (χ4v) is 2.99. The van der Waals surface area contributed by atoms with Crippen LogP contribution in [0, 0.1) is 13.8 Å². The van der Waals surface area contributed by atoms with Gasteiger partial charge in [-0.15, -0.1) is 0 Å².